The first-order valence-corrected chi connectivity index (χ1v) is 5.90. The molecule has 1 fully saturated rings. The van der Waals surface area contributed by atoms with Crippen molar-refractivity contribution < 1.29 is 8.78 Å². The first kappa shape index (κ1) is 12.3. The van der Waals surface area contributed by atoms with Crippen LogP contribution in [0.2, 0.25) is 0 Å². The Morgan fingerprint density at radius 3 is 2.59 bits per heavy atom. The number of nitrogens with one attached hydrogen (secondary N) is 1. The van der Waals surface area contributed by atoms with Crippen LogP contribution in [0.15, 0.2) is 12.1 Å². The van der Waals surface area contributed by atoms with Crippen molar-refractivity contribution in [3.8, 4) is 0 Å². The van der Waals surface area contributed by atoms with Gasteiger partial charge in [-0.3, -0.25) is 0 Å². The fourth-order valence-corrected chi connectivity index (χ4v) is 2.28. The SMILES string of the molecule is Cc1cc(F)c(NC2CC(C)N(C)C2)cc1F. The Kier molecular flexibility index (Phi) is 3.33. The van der Waals surface area contributed by atoms with E-state index < -0.39 is 0 Å². The van der Waals surface area contributed by atoms with Crippen molar-refractivity contribution >= 4 is 5.69 Å². The van der Waals surface area contributed by atoms with Crippen molar-refractivity contribution in [3.05, 3.63) is 29.3 Å². The standard InChI is InChI=1S/C13H18F2N2/c1-8-4-12(15)13(6-11(8)14)16-10-5-9(2)17(3)7-10/h4,6,9-10,16H,5,7H2,1-3H3. The quantitative estimate of drug-likeness (QED) is 0.855. The molecule has 2 nitrogen and oxygen atoms in total. The Bertz CT molecular complexity index is 410. The van der Waals surface area contributed by atoms with E-state index in [1.807, 2.05) is 7.05 Å². The van der Waals surface area contributed by atoms with Crippen LogP contribution in [0.1, 0.15) is 18.9 Å². The summed E-state index contributed by atoms with van der Waals surface area (Å²) < 4.78 is 27.0. The molecule has 2 rings (SSSR count). The average molecular weight is 240 g/mol. The summed E-state index contributed by atoms with van der Waals surface area (Å²) >= 11 is 0. The second kappa shape index (κ2) is 4.61. The number of hydrogen-bond donors (Lipinski definition) is 1. The maximum Gasteiger partial charge on any atom is 0.146 e. The molecule has 0 radical (unpaired) electrons. The van der Waals surface area contributed by atoms with Crippen molar-refractivity contribution in [2.45, 2.75) is 32.4 Å². The molecule has 0 saturated carbocycles. The molecule has 4 heteroatoms. The largest absolute Gasteiger partial charge is 0.379 e. The van der Waals surface area contributed by atoms with E-state index >= 15 is 0 Å². The van der Waals surface area contributed by atoms with Crippen LogP contribution in [0.4, 0.5) is 14.5 Å². The summed E-state index contributed by atoms with van der Waals surface area (Å²) in [6, 6.07) is 3.14. The van der Waals surface area contributed by atoms with E-state index in [-0.39, 0.29) is 23.4 Å². The fraction of sp³-hybridized carbons (Fsp3) is 0.538. The third kappa shape index (κ3) is 2.57. The van der Waals surface area contributed by atoms with E-state index in [0.717, 1.165) is 13.0 Å². The zero-order chi connectivity index (χ0) is 12.6. The van der Waals surface area contributed by atoms with E-state index in [0.29, 0.717) is 11.6 Å². The van der Waals surface area contributed by atoms with Crippen LogP contribution in [0, 0.1) is 18.6 Å². The van der Waals surface area contributed by atoms with Gasteiger partial charge in [0.2, 0.25) is 0 Å². The molecule has 94 valence electrons. The lowest BCUT2D eigenvalue weighted by molar-refractivity contribution is 0.330. The number of rotatable bonds is 2. The van der Waals surface area contributed by atoms with E-state index in [1.54, 1.807) is 6.92 Å². The second-order valence-corrected chi connectivity index (χ2v) is 4.95. The minimum atomic E-state index is -0.383. The third-order valence-electron chi connectivity index (χ3n) is 3.49. The Balaban J connectivity index is 2.12. The zero-order valence-electron chi connectivity index (χ0n) is 10.4. The van der Waals surface area contributed by atoms with Gasteiger partial charge in [-0.25, -0.2) is 8.78 Å². The molecule has 1 aromatic carbocycles. The summed E-state index contributed by atoms with van der Waals surface area (Å²) in [6.45, 7) is 4.55. The molecule has 1 N–H and O–H groups in total. The number of aryl methyl sites for hydroxylation is 1. The lowest BCUT2D eigenvalue weighted by Crippen LogP contribution is -2.25. The van der Waals surface area contributed by atoms with Gasteiger partial charge in [0, 0.05) is 24.7 Å². The molecular formula is C13H18F2N2. The van der Waals surface area contributed by atoms with Gasteiger partial charge in [-0.2, -0.15) is 0 Å². The Morgan fingerprint density at radius 1 is 1.29 bits per heavy atom. The highest BCUT2D eigenvalue weighted by Gasteiger charge is 2.26. The van der Waals surface area contributed by atoms with E-state index in [2.05, 4.69) is 17.1 Å². The molecule has 1 aliphatic rings. The normalized spacial score (nSPS) is 25.2. The van der Waals surface area contributed by atoms with Crippen LogP contribution in [-0.4, -0.2) is 30.6 Å². The summed E-state index contributed by atoms with van der Waals surface area (Å²) in [5, 5.41) is 3.08. The first-order valence-electron chi connectivity index (χ1n) is 5.90. The van der Waals surface area contributed by atoms with Gasteiger partial charge < -0.3 is 10.2 Å². The molecular weight excluding hydrogens is 222 g/mol. The van der Waals surface area contributed by atoms with Crippen molar-refractivity contribution in [1.82, 2.24) is 4.90 Å². The van der Waals surface area contributed by atoms with Crippen molar-refractivity contribution in [3.63, 3.8) is 0 Å². The molecule has 1 heterocycles. The fourth-order valence-electron chi connectivity index (χ4n) is 2.28. The summed E-state index contributed by atoms with van der Waals surface area (Å²) in [5.41, 5.74) is 0.602. The van der Waals surface area contributed by atoms with Crippen LogP contribution in [0.5, 0.6) is 0 Å². The Labute approximate surface area is 101 Å². The summed E-state index contributed by atoms with van der Waals surface area (Å²) in [6.07, 6.45) is 0.950. The second-order valence-electron chi connectivity index (χ2n) is 4.95. The Morgan fingerprint density at radius 2 is 2.00 bits per heavy atom. The molecule has 0 aliphatic carbocycles. The van der Waals surface area contributed by atoms with E-state index in [4.69, 9.17) is 0 Å². The molecule has 0 aromatic heterocycles. The van der Waals surface area contributed by atoms with Gasteiger partial charge >= 0.3 is 0 Å². The predicted molar refractivity (Wildman–Crippen MR) is 65.2 cm³/mol. The number of hydrogen-bond acceptors (Lipinski definition) is 2. The van der Waals surface area contributed by atoms with Crippen molar-refractivity contribution in [1.29, 1.82) is 0 Å². The predicted octanol–water partition coefficient (Wildman–Crippen LogP) is 2.78. The zero-order valence-corrected chi connectivity index (χ0v) is 10.4. The number of likely N-dealkylation sites (tertiary alicyclic amines) is 1. The van der Waals surface area contributed by atoms with E-state index in [1.165, 1.54) is 12.1 Å². The van der Waals surface area contributed by atoms with Gasteiger partial charge in [0.05, 0.1) is 5.69 Å². The number of halogens is 2. The minimum Gasteiger partial charge on any atom is -0.379 e. The van der Waals surface area contributed by atoms with Gasteiger partial charge in [0.25, 0.3) is 0 Å². The molecule has 0 bridgehead atoms. The summed E-state index contributed by atoms with van der Waals surface area (Å²) in [5.74, 6) is -0.751. The van der Waals surface area contributed by atoms with Gasteiger partial charge in [-0.05, 0) is 38.9 Å². The molecule has 2 atom stereocenters. The maximum atomic E-state index is 13.6. The number of likely N-dealkylation sites (N-methyl/N-ethyl adjacent to an activating group) is 1. The molecule has 2 unspecified atom stereocenters. The molecule has 0 amide bonds. The topological polar surface area (TPSA) is 15.3 Å². The van der Waals surface area contributed by atoms with Crippen molar-refractivity contribution in [2.75, 3.05) is 18.9 Å². The average Bonchev–Trinajstić information content (AvgIpc) is 2.55. The van der Waals surface area contributed by atoms with Gasteiger partial charge in [0.1, 0.15) is 11.6 Å². The summed E-state index contributed by atoms with van der Waals surface area (Å²) in [4.78, 5) is 2.21. The number of nitrogens with zero attached hydrogens (tertiary/aromatic N) is 1. The lowest BCUT2D eigenvalue weighted by atomic mass is 10.1. The first-order chi connectivity index (χ1) is 7.97. The number of anilines is 1. The van der Waals surface area contributed by atoms with Crippen LogP contribution < -0.4 is 5.32 Å². The molecule has 1 saturated heterocycles. The maximum absolute atomic E-state index is 13.6. The van der Waals surface area contributed by atoms with Crippen LogP contribution >= 0.6 is 0 Å². The number of benzene rings is 1. The monoisotopic (exact) mass is 240 g/mol. The molecule has 1 aromatic rings. The smallest absolute Gasteiger partial charge is 0.146 e. The lowest BCUT2D eigenvalue weighted by Gasteiger charge is -2.15. The highest BCUT2D eigenvalue weighted by Crippen LogP contribution is 2.23. The molecule has 17 heavy (non-hydrogen) atoms. The summed E-state index contributed by atoms with van der Waals surface area (Å²) in [7, 11) is 2.04. The minimum absolute atomic E-state index is 0.187. The van der Waals surface area contributed by atoms with Crippen LogP contribution in [-0.2, 0) is 0 Å². The van der Waals surface area contributed by atoms with Gasteiger partial charge in [-0.1, -0.05) is 0 Å². The molecule has 0 spiro atoms. The van der Waals surface area contributed by atoms with Gasteiger partial charge in [-0.15, -0.1) is 0 Å². The van der Waals surface area contributed by atoms with Gasteiger partial charge in [0.15, 0.2) is 0 Å². The third-order valence-corrected chi connectivity index (χ3v) is 3.49. The Hall–Kier alpha value is -1.16. The van der Waals surface area contributed by atoms with E-state index in [9.17, 15) is 8.78 Å². The highest BCUT2D eigenvalue weighted by molar-refractivity contribution is 5.48. The highest BCUT2D eigenvalue weighted by atomic mass is 19.1. The molecule has 1 aliphatic heterocycles. The van der Waals surface area contributed by atoms with Crippen LogP contribution in [0.25, 0.3) is 0 Å². The van der Waals surface area contributed by atoms with Crippen LogP contribution in [0.3, 0.4) is 0 Å². The van der Waals surface area contributed by atoms with Crippen molar-refractivity contribution in [2.24, 2.45) is 0 Å².